The van der Waals surface area contributed by atoms with Crippen molar-refractivity contribution in [1.82, 2.24) is 9.80 Å². The lowest BCUT2D eigenvalue weighted by molar-refractivity contribution is -0.0152. The lowest BCUT2D eigenvalue weighted by Gasteiger charge is -2.33. The third-order valence-corrected chi connectivity index (χ3v) is 5.38. The molecule has 0 unspecified atom stereocenters. The fraction of sp³-hybridized carbons (Fsp3) is 0.364. The van der Waals surface area contributed by atoms with Crippen LogP contribution in [0.1, 0.15) is 34.9 Å². The van der Waals surface area contributed by atoms with E-state index in [1.807, 2.05) is 4.90 Å². The molecule has 1 N–H and O–H groups in total. The average Bonchev–Trinajstić information content (AvgIpc) is 3.29. The first kappa shape index (κ1) is 19.4. The van der Waals surface area contributed by atoms with E-state index in [1.54, 1.807) is 47.4 Å². The summed E-state index contributed by atoms with van der Waals surface area (Å²) in [5, 5.41) is 2.85. The van der Waals surface area contributed by atoms with Crippen LogP contribution in [0.25, 0.3) is 0 Å². The number of rotatable bonds is 3. The van der Waals surface area contributed by atoms with Gasteiger partial charge in [-0.25, -0.2) is 9.18 Å². The van der Waals surface area contributed by atoms with Crippen molar-refractivity contribution in [1.29, 1.82) is 0 Å². The summed E-state index contributed by atoms with van der Waals surface area (Å²) in [7, 11) is 0. The standard InChI is InChI=1S/C22H24FN3O3/c23-19-6-2-1-5-18(19)20-15-26(13-14-29-20)22(28)24-17-9-7-16(8-10-17)21(27)25-11-3-4-12-25/h1-2,5-10,20H,3-4,11-15H2,(H,24,28)/t20-/m1/s1. The summed E-state index contributed by atoms with van der Waals surface area (Å²) < 4.78 is 19.7. The number of anilines is 1. The maximum absolute atomic E-state index is 14.0. The molecule has 7 heteroatoms. The maximum Gasteiger partial charge on any atom is 0.322 e. The summed E-state index contributed by atoms with van der Waals surface area (Å²) in [6.45, 7) is 2.66. The van der Waals surface area contributed by atoms with E-state index >= 15 is 0 Å². The molecule has 2 fully saturated rings. The molecule has 2 aromatic rings. The predicted molar refractivity (Wildman–Crippen MR) is 107 cm³/mol. The van der Waals surface area contributed by atoms with Gasteiger partial charge in [0, 0.05) is 36.4 Å². The summed E-state index contributed by atoms with van der Waals surface area (Å²) in [5.41, 5.74) is 1.69. The van der Waals surface area contributed by atoms with Crippen LogP contribution in [0.4, 0.5) is 14.9 Å². The average molecular weight is 397 g/mol. The minimum absolute atomic E-state index is 0.0290. The Morgan fingerprint density at radius 1 is 0.966 bits per heavy atom. The van der Waals surface area contributed by atoms with Gasteiger partial charge in [0.25, 0.3) is 5.91 Å². The number of amides is 3. The van der Waals surface area contributed by atoms with Crippen molar-refractivity contribution >= 4 is 17.6 Å². The van der Waals surface area contributed by atoms with Gasteiger partial charge in [-0.15, -0.1) is 0 Å². The molecule has 0 radical (unpaired) electrons. The number of hydrogen-bond acceptors (Lipinski definition) is 3. The second-order valence-corrected chi connectivity index (χ2v) is 7.33. The van der Waals surface area contributed by atoms with E-state index in [4.69, 9.17) is 4.74 Å². The number of urea groups is 1. The van der Waals surface area contributed by atoms with Gasteiger partial charge in [0.15, 0.2) is 0 Å². The zero-order valence-corrected chi connectivity index (χ0v) is 16.1. The minimum atomic E-state index is -0.490. The Bertz CT molecular complexity index is 881. The van der Waals surface area contributed by atoms with Crippen molar-refractivity contribution < 1.29 is 18.7 Å². The summed E-state index contributed by atoms with van der Waals surface area (Å²) >= 11 is 0. The molecular weight excluding hydrogens is 373 g/mol. The van der Waals surface area contributed by atoms with Gasteiger partial charge in [0.1, 0.15) is 11.9 Å². The molecule has 2 aromatic carbocycles. The van der Waals surface area contributed by atoms with Gasteiger partial charge >= 0.3 is 6.03 Å². The number of halogens is 1. The summed E-state index contributed by atoms with van der Waals surface area (Å²) in [4.78, 5) is 28.5. The number of morpholine rings is 1. The zero-order valence-electron chi connectivity index (χ0n) is 16.1. The molecule has 29 heavy (non-hydrogen) atoms. The molecule has 0 aromatic heterocycles. The first-order valence-electron chi connectivity index (χ1n) is 9.93. The van der Waals surface area contributed by atoms with E-state index in [1.165, 1.54) is 6.07 Å². The SMILES string of the molecule is O=C(Nc1ccc(C(=O)N2CCCC2)cc1)N1CCO[C@@H](c2ccccc2F)C1. The summed E-state index contributed by atoms with van der Waals surface area (Å²) in [6, 6.07) is 13.1. The van der Waals surface area contributed by atoms with Crippen molar-refractivity contribution in [3.63, 3.8) is 0 Å². The molecule has 0 bridgehead atoms. The van der Waals surface area contributed by atoms with Crippen molar-refractivity contribution in [3.8, 4) is 0 Å². The number of nitrogens with one attached hydrogen (secondary N) is 1. The Balaban J connectivity index is 1.37. The smallest absolute Gasteiger partial charge is 0.322 e. The number of nitrogens with zero attached hydrogens (tertiary/aromatic N) is 2. The first-order chi connectivity index (χ1) is 14.1. The van der Waals surface area contributed by atoms with Crippen LogP contribution in [-0.2, 0) is 4.74 Å². The van der Waals surface area contributed by atoms with Crippen LogP contribution in [0.3, 0.4) is 0 Å². The molecule has 0 aliphatic carbocycles. The van der Waals surface area contributed by atoms with E-state index < -0.39 is 6.10 Å². The van der Waals surface area contributed by atoms with Gasteiger partial charge in [-0.05, 0) is 43.2 Å². The number of benzene rings is 2. The second kappa shape index (κ2) is 8.61. The maximum atomic E-state index is 14.0. The highest BCUT2D eigenvalue weighted by Crippen LogP contribution is 2.25. The summed E-state index contributed by atoms with van der Waals surface area (Å²) in [5.74, 6) is -0.306. The Kier molecular flexibility index (Phi) is 5.76. The Morgan fingerprint density at radius 2 is 1.69 bits per heavy atom. The van der Waals surface area contributed by atoms with Crippen LogP contribution < -0.4 is 5.32 Å². The Labute approximate surface area is 169 Å². The fourth-order valence-electron chi connectivity index (χ4n) is 3.76. The quantitative estimate of drug-likeness (QED) is 0.860. The van der Waals surface area contributed by atoms with E-state index in [0.29, 0.717) is 30.0 Å². The van der Waals surface area contributed by atoms with E-state index in [-0.39, 0.29) is 24.3 Å². The largest absolute Gasteiger partial charge is 0.370 e. The highest BCUT2D eigenvalue weighted by Gasteiger charge is 2.27. The second-order valence-electron chi connectivity index (χ2n) is 7.33. The molecule has 6 nitrogen and oxygen atoms in total. The van der Waals surface area contributed by atoms with E-state index in [2.05, 4.69) is 5.32 Å². The van der Waals surface area contributed by atoms with Crippen LogP contribution in [-0.4, -0.2) is 54.5 Å². The monoisotopic (exact) mass is 397 g/mol. The number of likely N-dealkylation sites (tertiary alicyclic amines) is 1. The normalized spacial score (nSPS) is 19.3. The number of carbonyl (C=O) groups excluding carboxylic acids is 2. The molecule has 2 aliphatic heterocycles. The fourth-order valence-corrected chi connectivity index (χ4v) is 3.76. The number of hydrogen-bond donors (Lipinski definition) is 1. The van der Waals surface area contributed by atoms with Crippen LogP contribution in [0, 0.1) is 5.82 Å². The van der Waals surface area contributed by atoms with Crippen molar-refractivity contribution in [2.45, 2.75) is 18.9 Å². The summed E-state index contributed by atoms with van der Waals surface area (Å²) in [6.07, 6.45) is 1.61. The molecule has 3 amide bonds. The Morgan fingerprint density at radius 3 is 2.41 bits per heavy atom. The number of carbonyl (C=O) groups is 2. The van der Waals surface area contributed by atoms with Crippen LogP contribution in [0.5, 0.6) is 0 Å². The van der Waals surface area contributed by atoms with Gasteiger partial charge in [-0.3, -0.25) is 4.79 Å². The van der Waals surface area contributed by atoms with Gasteiger partial charge < -0.3 is 19.9 Å². The topological polar surface area (TPSA) is 61.9 Å². The molecular formula is C22H24FN3O3. The third kappa shape index (κ3) is 4.40. The van der Waals surface area contributed by atoms with Gasteiger partial charge in [-0.1, -0.05) is 18.2 Å². The molecule has 2 heterocycles. The van der Waals surface area contributed by atoms with Gasteiger partial charge in [0.05, 0.1) is 13.2 Å². The lowest BCUT2D eigenvalue weighted by atomic mass is 10.1. The highest BCUT2D eigenvalue weighted by molar-refractivity contribution is 5.95. The molecule has 0 saturated carbocycles. The van der Waals surface area contributed by atoms with E-state index in [9.17, 15) is 14.0 Å². The van der Waals surface area contributed by atoms with Gasteiger partial charge in [0.2, 0.25) is 0 Å². The Hall–Kier alpha value is -2.93. The van der Waals surface area contributed by atoms with Crippen molar-refractivity contribution in [2.75, 3.05) is 38.1 Å². The minimum Gasteiger partial charge on any atom is -0.370 e. The van der Waals surface area contributed by atoms with Crippen LogP contribution >= 0.6 is 0 Å². The first-order valence-corrected chi connectivity index (χ1v) is 9.93. The van der Waals surface area contributed by atoms with Crippen molar-refractivity contribution in [2.24, 2.45) is 0 Å². The zero-order chi connectivity index (χ0) is 20.2. The predicted octanol–water partition coefficient (Wildman–Crippen LogP) is 3.67. The molecule has 4 rings (SSSR count). The van der Waals surface area contributed by atoms with Crippen LogP contribution in [0.2, 0.25) is 0 Å². The molecule has 152 valence electrons. The molecule has 2 aliphatic rings. The molecule has 2 saturated heterocycles. The van der Waals surface area contributed by atoms with Gasteiger partial charge in [-0.2, -0.15) is 0 Å². The van der Waals surface area contributed by atoms with E-state index in [0.717, 1.165) is 25.9 Å². The van der Waals surface area contributed by atoms with Crippen molar-refractivity contribution in [3.05, 3.63) is 65.5 Å². The third-order valence-electron chi connectivity index (χ3n) is 5.38. The number of ether oxygens (including phenoxy) is 1. The molecule has 1 atom stereocenters. The molecule has 0 spiro atoms. The van der Waals surface area contributed by atoms with Crippen LogP contribution in [0.15, 0.2) is 48.5 Å². The lowest BCUT2D eigenvalue weighted by Crippen LogP contribution is -2.44. The highest BCUT2D eigenvalue weighted by atomic mass is 19.1.